The van der Waals surface area contributed by atoms with Gasteiger partial charge in [0.2, 0.25) is 0 Å². The lowest BCUT2D eigenvalue weighted by Crippen LogP contribution is -2.25. The van der Waals surface area contributed by atoms with Gasteiger partial charge in [-0.2, -0.15) is 0 Å². The van der Waals surface area contributed by atoms with Crippen molar-refractivity contribution in [2.45, 2.75) is 26.0 Å². The fourth-order valence-corrected chi connectivity index (χ4v) is 3.06. The summed E-state index contributed by atoms with van der Waals surface area (Å²) >= 11 is 0. The van der Waals surface area contributed by atoms with Gasteiger partial charge in [-0.15, -0.1) is 5.10 Å². The third kappa shape index (κ3) is 4.03. The number of aryl methyl sites for hydroxylation is 1. The zero-order chi connectivity index (χ0) is 20.2. The highest BCUT2D eigenvalue weighted by Gasteiger charge is 2.24. The van der Waals surface area contributed by atoms with Crippen molar-refractivity contribution in [1.29, 1.82) is 0 Å². The molecule has 0 unspecified atom stereocenters. The van der Waals surface area contributed by atoms with E-state index in [4.69, 9.17) is 4.74 Å². The molecule has 0 spiro atoms. The molecule has 9 nitrogen and oxygen atoms in total. The second-order valence-corrected chi connectivity index (χ2v) is 6.57. The Morgan fingerprint density at radius 2 is 2.00 bits per heavy atom. The van der Waals surface area contributed by atoms with Crippen molar-refractivity contribution in [1.82, 2.24) is 29.6 Å². The van der Waals surface area contributed by atoms with Gasteiger partial charge >= 0.3 is 5.97 Å². The summed E-state index contributed by atoms with van der Waals surface area (Å²) in [6, 6.07) is 13.8. The molecule has 0 bridgehead atoms. The van der Waals surface area contributed by atoms with Crippen LogP contribution in [0.25, 0.3) is 5.65 Å². The Kier molecular flexibility index (Phi) is 5.10. The molecule has 4 aromatic rings. The number of aromatic nitrogens is 6. The number of ether oxygens (including phenoxy) is 1. The molecule has 0 radical (unpaired) electrons. The first-order chi connectivity index (χ1) is 14.1. The van der Waals surface area contributed by atoms with Crippen LogP contribution in [-0.2, 0) is 22.6 Å². The SMILES string of the molecule is Cc1cccn2c(=O)cc(COC(=O)[C@@H](Cc3ccccc3)n3cnnn3)nc12. The van der Waals surface area contributed by atoms with Crippen molar-refractivity contribution >= 4 is 11.6 Å². The van der Waals surface area contributed by atoms with Crippen LogP contribution in [0.5, 0.6) is 0 Å². The Bertz CT molecular complexity index is 1190. The van der Waals surface area contributed by atoms with Crippen LogP contribution >= 0.6 is 0 Å². The van der Waals surface area contributed by atoms with E-state index in [1.165, 1.54) is 21.5 Å². The van der Waals surface area contributed by atoms with Gasteiger partial charge in [-0.1, -0.05) is 36.4 Å². The van der Waals surface area contributed by atoms with Crippen LogP contribution in [0.2, 0.25) is 0 Å². The molecule has 0 fully saturated rings. The maximum Gasteiger partial charge on any atom is 0.331 e. The van der Waals surface area contributed by atoms with Crippen molar-refractivity contribution < 1.29 is 9.53 Å². The van der Waals surface area contributed by atoms with E-state index in [0.717, 1.165) is 11.1 Å². The van der Waals surface area contributed by atoms with E-state index >= 15 is 0 Å². The number of carbonyl (C=O) groups is 1. The van der Waals surface area contributed by atoms with Crippen molar-refractivity contribution in [2.24, 2.45) is 0 Å². The van der Waals surface area contributed by atoms with Gasteiger partial charge in [0, 0.05) is 18.7 Å². The van der Waals surface area contributed by atoms with Gasteiger partial charge in [0.25, 0.3) is 5.56 Å². The molecular formula is C20H18N6O3. The lowest BCUT2D eigenvalue weighted by molar-refractivity contribution is -0.149. The highest BCUT2D eigenvalue weighted by molar-refractivity contribution is 5.74. The fraction of sp³-hybridized carbons (Fsp3) is 0.200. The van der Waals surface area contributed by atoms with Gasteiger partial charge in [0.05, 0.1) is 5.69 Å². The first-order valence-corrected chi connectivity index (χ1v) is 9.03. The predicted octanol–water partition coefficient (Wildman–Crippen LogP) is 1.52. The smallest absolute Gasteiger partial charge is 0.331 e. The first kappa shape index (κ1) is 18.5. The Morgan fingerprint density at radius 3 is 2.76 bits per heavy atom. The second-order valence-electron chi connectivity index (χ2n) is 6.57. The van der Waals surface area contributed by atoms with Crippen molar-refractivity contribution in [2.75, 3.05) is 0 Å². The Morgan fingerprint density at radius 1 is 1.17 bits per heavy atom. The number of carbonyl (C=O) groups excluding carboxylic acids is 1. The third-order valence-corrected chi connectivity index (χ3v) is 4.53. The predicted molar refractivity (Wildman–Crippen MR) is 103 cm³/mol. The summed E-state index contributed by atoms with van der Waals surface area (Å²) in [5.74, 6) is -0.507. The van der Waals surface area contributed by atoms with Gasteiger partial charge in [0.1, 0.15) is 18.6 Å². The lowest BCUT2D eigenvalue weighted by atomic mass is 10.1. The minimum Gasteiger partial charge on any atom is -0.458 e. The van der Waals surface area contributed by atoms with Crippen LogP contribution in [0.1, 0.15) is 22.9 Å². The molecule has 1 atom stereocenters. The van der Waals surface area contributed by atoms with E-state index in [0.29, 0.717) is 17.8 Å². The molecule has 1 aromatic carbocycles. The number of nitrogens with zero attached hydrogens (tertiary/aromatic N) is 6. The fourth-order valence-electron chi connectivity index (χ4n) is 3.06. The van der Waals surface area contributed by atoms with Crippen molar-refractivity contribution in [3.63, 3.8) is 0 Å². The number of hydrogen-bond donors (Lipinski definition) is 0. The summed E-state index contributed by atoms with van der Waals surface area (Å²) in [4.78, 5) is 29.5. The summed E-state index contributed by atoms with van der Waals surface area (Å²) in [7, 11) is 0. The summed E-state index contributed by atoms with van der Waals surface area (Å²) in [6.45, 7) is 1.75. The van der Waals surface area contributed by atoms with Crippen LogP contribution in [-0.4, -0.2) is 35.6 Å². The highest BCUT2D eigenvalue weighted by atomic mass is 16.5. The number of benzene rings is 1. The first-order valence-electron chi connectivity index (χ1n) is 9.03. The molecule has 0 aliphatic carbocycles. The van der Waals surface area contributed by atoms with Gasteiger partial charge in [-0.25, -0.2) is 14.5 Å². The molecule has 0 N–H and O–H groups in total. The highest BCUT2D eigenvalue weighted by Crippen LogP contribution is 2.16. The molecular weight excluding hydrogens is 372 g/mol. The zero-order valence-corrected chi connectivity index (χ0v) is 15.7. The number of rotatable bonds is 6. The van der Waals surface area contributed by atoms with E-state index < -0.39 is 12.0 Å². The topological polar surface area (TPSA) is 104 Å². The number of pyridine rings is 1. The standard InChI is InChI=1S/C20H18N6O3/c1-14-6-5-9-25-18(27)11-16(22-19(14)25)12-29-20(28)17(26-13-21-23-24-26)10-15-7-3-2-4-8-15/h2-9,11,13,17H,10,12H2,1H3/t17-/m1/s1. The van der Waals surface area contributed by atoms with Crippen LogP contribution in [0, 0.1) is 6.92 Å². The maximum absolute atomic E-state index is 12.8. The van der Waals surface area contributed by atoms with Crippen LogP contribution < -0.4 is 5.56 Å². The average Bonchev–Trinajstić information content (AvgIpc) is 3.26. The number of hydrogen-bond acceptors (Lipinski definition) is 7. The Balaban J connectivity index is 1.55. The average molecular weight is 390 g/mol. The van der Waals surface area contributed by atoms with Crippen molar-refractivity contribution in [3.05, 3.63) is 88.2 Å². The molecule has 0 saturated carbocycles. The van der Waals surface area contributed by atoms with Gasteiger partial charge in [0.15, 0.2) is 6.04 Å². The van der Waals surface area contributed by atoms with Gasteiger partial charge in [-0.3, -0.25) is 9.20 Å². The molecule has 146 valence electrons. The van der Waals surface area contributed by atoms with Crippen molar-refractivity contribution in [3.8, 4) is 0 Å². The molecule has 0 aliphatic rings. The number of esters is 1. The quantitative estimate of drug-likeness (QED) is 0.460. The van der Waals surface area contributed by atoms with Gasteiger partial charge < -0.3 is 4.74 Å². The Labute approximate surface area is 165 Å². The number of fused-ring (bicyclic) bond motifs is 1. The molecule has 9 heteroatoms. The molecule has 3 heterocycles. The normalized spacial score (nSPS) is 12.0. The largest absolute Gasteiger partial charge is 0.458 e. The monoisotopic (exact) mass is 390 g/mol. The Hall–Kier alpha value is -3.88. The molecule has 29 heavy (non-hydrogen) atoms. The third-order valence-electron chi connectivity index (χ3n) is 4.53. The molecule has 0 aliphatic heterocycles. The number of tetrazole rings is 1. The summed E-state index contributed by atoms with van der Waals surface area (Å²) in [5.41, 5.74) is 2.49. The summed E-state index contributed by atoms with van der Waals surface area (Å²) < 4.78 is 8.29. The van der Waals surface area contributed by atoms with E-state index in [1.54, 1.807) is 12.3 Å². The zero-order valence-electron chi connectivity index (χ0n) is 15.7. The summed E-state index contributed by atoms with van der Waals surface area (Å²) in [6.07, 6.45) is 3.40. The van der Waals surface area contributed by atoms with E-state index in [9.17, 15) is 9.59 Å². The minimum atomic E-state index is -0.726. The van der Waals surface area contributed by atoms with E-state index in [2.05, 4.69) is 20.5 Å². The summed E-state index contributed by atoms with van der Waals surface area (Å²) in [5, 5.41) is 11.1. The lowest BCUT2D eigenvalue weighted by Gasteiger charge is -2.15. The van der Waals surface area contributed by atoms with Crippen LogP contribution in [0.15, 0.2) is 65.8 Å². The minimum absolute atomic E-state index is 0.119. The van der Waals surface area contributed by atoms with Crippen LogP contribution in [0.4, 0.5) is 0 Å². The van der Waals surface area contributed by atoms with Crippen LogP contribution in [0.3, 0.4) is 0 Å². The van der Waals surface area contributed by atoms with E-state index in [-0.39, 0.29) is 12.2 Å². The molecule has 4 rings (SSSR count). The maximum atomic E-state index is 12.8. The molecule has 0 saturated heterocycles. The molecule has 3 aromatic heterocycles. The van der Waals surface area contributed by atoms with E-state index in [1.807, 2.05) is 43.3 Å². The second kappa shape index (κ2) is 8.01. The van der Waals surface area contributed by atoms with Gasteiger partial charge in [-0.05, 0) is 34.5 Å². The molecule has 0 amide bonds.